The van der Waals surface area contributed by atoms with Crippen LogP contribution in [-0.2, 0) is 0 Å². The third kappa shape index (κ3) is 2.15. The summed E-state index contributed by atoms with van der Waals surface area (Å²) >= 11 is 5.80. The molecule has 3 aromatic rings. The summed E-state index contributed by atoms with van der Waals surface area (Å²) in [6.45, 7) is 0. The molecule has 0 bridgehead atoms. The van der Waals surface area contributed by atoms with Gasteiger partial charge < -0.3 is 20.3 Å². The largest absolute Gasteiger partial charge is 0.504 e. The molecule has 0 spiro atoms. The minimum absolute atomic E-state index is 0.0662. The molecule has 0 aliphatic carbocycles. The Morgan fingerprint density at radius 1 is 1.05 bits per heavy atom. The predicted molar refractivity (Wildman–Crippen MR) is 77.8 cm³/mol. The van der Waals surface area contributed by atoms with Crippen LogP contribution in [0, 0.1) is 0 Å². The standard InChI is InChI=1S/C14H9ClN2O4/c15-7-3-1-6(2-4-7)13-16-8-5-9(18)11(19)12(20)10(8)14(21)17-13/h1-5,18-20H,(H,16,17,21). The van der Waals surface area contributed by atoms with Crippen molar-refractivity contribution in [3.8, 4) is 28.6 Å². The van der Waals surface area contributed by atoms with E-state index < -0.39 is 22.8 Å². The minimum atomic E-state index is -0.756. The van der Waals surface area contributed by atoms with E-state index in [0.29, 0.717) is 10.6 Å². The Bertz CT molecular complexity index is 903. The summed E-state index contributed by atoms with van der Waals surface area (Å²) in [5.74, 6) is -1.76. The summed E-state index contributed by atoms with van der Waals surface area (Å²) in [7, 11) is 0. The van der Waals surface area contributed by atoms with Gasteiger partial charge in [0.05, 0.1) is 5.52 Å². The molecule has 0 atom stereocenters. The van der Waals surface area contributed by atoms with Crippen molar-refractivity contribution in [1.82, 2.24) is 9.97 Å². The van der Waals surface area contributed by atoms with Gasteiger partial charge in [0.2, 0.25) is 5.75 Å². The lowest BCUT2D eigenvalue weighted by Gasteiger charge is -2.07. The number of phenolic OH excluding ortho intramolecular Hbond substituents is 3. The van der Waals surface area contributed by atoms with Gasteiger partial charge in [-0.15, -0.1) is 0 Å². The summed E-state index contributed by atoms with van der Waals surface area (Å²) in [5, 5.41) is 29.0. The first-order valence-corrected chi connectivity index (χ1v) is 6.29. The zero-order valence-electron chi connectivity index (χ0n) is 10.5. The van der Waals surface area contributed by atoms with Gasteiger partial charge >= 0.3 is 0 Å². The zero-order chi connectivity index (χ0) is 15.1. The van der Waals surface area contributed by atoms with Crippen molar-refractivity contribution in [1.29, 1.82) is 0 Å². The maximum Gasteiger partial charge on any atom is 0.262 e. The van der Waals surface area contributed by atoms with Crippen molar-refractivity contribution in [2.45, 2.75) is 0 Å². The van der Waals surface area contributed by atoms with Gasteiger partial charge in [0.25, 0.3) is 5.56 Å². The Kier molecular flexibility index (Phi) is 2.95. The third-order valence-electron chi connectivity index (χ3n) is 3.04. The van der Waals surface area contributed by atoms with Gasteiger partial charge in [0, 0.05) is 16.7 Å². The summed E-state index contributed by atoms with van der Waals surface area (Å²) in [5.41, 5.74) is 0.0553. The van der Waals surface area contributed by atoms with Crippen LogP contribution >= 0.6 is 11.6 Å². The van der Waals surface area contributed by atoms with Gasteiger partial charge in [-0.25, -0.2) is 4.98 Å². The second-order valence-electron chi connectivity index (χ2n) is 4.41. The van der Waals surface area contributed by atoms with Crippen molar-refractivity contribution in [2.75, 3.05) is 0 Å². The molecule has 0 amide bonds. The van der Waals surface area contributed by atoms with Crippen LogP contribution in [-0.4, -0.2) is 25.3 Å². The monoisotopic (exact) mass is 304 g/mol. The smallest absolute Gasteiger partial charge is 0.262 e. The molecule has 1 heterocycles. The zero-order valence-corrected chi connectivity index (χ0v) is 11.2. The van der Waals surface area contributed by atoms with E-state index in [2.05, 4.69) is 9.97 Å². The van der Waals surface area contributed by atoms with Crippen LogP contribution in [0.1, 0.15) is 0 Å². The highest BCUT2D eigenvalue weighted by molar-refractivity contribution is 6.30. The van der Waals surface area contributed by atoms with Crippen LogP contribution in [0.3, 0.4) is 0 Å². The number of aromatic hydroxyl groups is 3. The highest BCUT2D eigenvalue weighted by atomic mass is 35.5. The Morgan fingerprint density at radius 3 is 2.38 bits per heavy atom. The van der Waals surface area contributed by atoms with Gasteiger partial charge in [0.15, 0.2) is 11.5 Å². The average molecular weight is 305 g/mol. The van der Waals surface area contributed by atoms with Gasteiger partial charge in [-0.3, -0.25) is 4.79 Å². The van der Waals surface area contributed by atoms with Crippen molar-refractivity contribution < 1.29 is 15.3 Å². The fourth-order valence-corrected chi connectivity index (χ4v) is 2.13. The molecule has 2 aromatic carbocycles. The van der Waals surface area contributed by atoms with Crippen molar-refractivity contribution >= 4 is 22.5 Å². The minimum Gasteiger partial charge on any atom is -0.504 e. The molecule has 106 valence electrons. The quantitative estimate of drug-likeness (QED) is 0.516. The number of nitrogens with one attached hydrogen (secondary N) is 1. The number of H-pyrrole nitrogens is 1. The first kappa shape index (κ1) is 13.3. The number of rotatable bonds is 1. The SMILES string of the molecule is O=c1[nH]c(-c2ccc(Cl)cc2)nc2cc(O)c(O)c(O)c12. The molecule has 3 rings (SSSR count). The Labute approximate surface area is 122 Å². The van der Waals surface area contributed by atoms with Gasteiger partial charge in [-0.05, 0) is 24.3 Å². The molecule has 21 heavy (non-hydrogen) atoms. The normalized spacial score (nSPS) is 10.9. The fourth-order valence-electron chi connectivity index (χ4n) is 2.01. The van der Waals surface area contributed by atoms with E-state index in [1.165, 1.54) is 0 Å². The molecule has 7 heteroatoms. The van der Waals surface area contributed by atoms with E-state index in [4.69, 9.17) is 11.6 Å². The summed E-state index contributed by atoms with van der Waals surface area (Å²) < 4.78 is 0. The van der Waals surface area contributed by atoms with Crippen LogP contribution in [0.5, 0.6) is 17.2 Å². The number of benzene rings is 2. The molecule has 0 unspecified atom stereocenters. The van der Waals surface area contributed by atoms with Crippen molar-refractivity contribution in [3.05, 3.63) is 45.7 Å². The van der Waals surface area contributed by atoms with Crippen molar-refractivity contribution in [2.24, 2.45) is 0 Å². The van der Waals surface area contributed by atoms with E-state index in [0.717, 1.165) is 6.07 Å². The molecule has 0 saturated carbocycles. The number of aromatic nitrogens is 2. The molecular weight excluding hydrogens is 296 g/mol. The van der Waals surface area contributed by atoms with Gasteiger partial charge in [0.1, 0.15) is 11.2 Å². The number of nitrogens with zero attached hydrogens (tertiary/aromatic N) is 1. The fraction of sp³-hybridized carbons (Fsp3) is 0. The van der Waals surface area contributed by atoms with Crippen LogP contribution < -0.4 is 5.56 Å². The molecule has 0 aliphatic heterocycles. The molecule has 0 radical (unpaired) electrons. The predicted octanol–water partition coefficient (Wildman–Crippen LogP) is 2.36. The number of aromatic amines is 1. The average Bonchev–Trinajstić information content (AvgIpc) is 2.45. The second-order valence-corrected chi connectivity index (χ2v) is 4.84. The van der Waals surface area contributed by atoms with E-state index >= 15 is 0 Å². The first-order chi connectivity index (χ1) is 9.97. The Morgan fingerprint density at radius 2 is 1.71 bits per heavy atom. The maximum atomic E-state index is 12.0. The molecule has 0 aliphatic rings. The van der Waals surface area contributed by atoms with Crippen LogP contribution in [0.25, 0.3) is 22.3 Å². The van der Waals surface area contributed by atoms with E-state index in [9.17, 15) is 20.1 Å². The maximum absolute atomic E-state index is 12.0. The van der Waals surface area contributed by atoms with E-state index in [-0.39, 0.29) is 16.7 Å². The summed E-state index contributed by atoms with van der Waals surface area (Å²) in [4.78, 5) is 18.7. The molecule has 4 N–H and O–H groups in total. The lowest BCUT2D eigenvalue weighted by Crippen LogP contribution is -2.09. The van der Waals surface area contributed by atoms with Crippen molar-refractivity contribution in [3.63, 3.8) is 0 Å². The van der Waals surface area contributed by atoms with Gasteiger partial charge in [-0.1, -0.05) is 11.6 Å². The van der Waals surface area contributed by atoms with E-state index in [1.807, 2.05) is 0 Å². The Hall–Kier alpha value is -2.73. The van der Waals surface area contributed by atoms with Crippen LogP contribution in [0.15, 0.2) is 35.1 Å². The second kappa shape index (κ2) is 4.68. The molecular formula is C14H9ClN2O4. The first-order valence-electron chi connectivity index (χ1n) is 5.91. The number of phenols is 3. The molecule has 0 fully saturated rings. The number of halogens is 1. The topological polar surface area (TPSA) is 106 Å². The van der Waals surface area contributed by atoms with Crippen LogP contribution in [0.2, 0.25) is 5.02 Å². The summed E-state index contributed by atoms with van der Waals surface area (Å²) in [6.07, 6.45) is 0. The lowest BCUT2D eigenvalue weighted by atomic mass is 10.1. The molecule has 6 nitrogen and oxygen atoms in total. The number of fused-ring (bicyclic) bond motifs is 1. The lowest BCUT2D eigenvalue weighted by molar-refractivity contribution is 0.371. The molecule has 1 aromatic heterocycles. The molecule has 0 saturated heterocycles. The number of hydrogen-bond donors (Lipinski definition) is 4. The summed E-state index contributed by atoms with van der Waals surface area (Å²) in [6, 6.07) is 7.75. The van der Waals surface area contributed by atoms with Gasteiger partial charge in [-0.2, -0.15) is 0 Å². The highest BCUT2D eigenvalue weighted by Crippen LogP contribution is 2.39. The Balaban J connectivity index is 2.31. The van der Waals surface area contributed by atoms with Crippen LogP contribution in [0.4, 0.5) is 0 Å². The number of hydrogen-bond acceptors (Lipinski definition) is 5. The van der Waals surface area contributed by atoms with E-state index in [1.54, 1.807) is 24.3 Å². The third-order valence-corrected chi connectivity index (χ3v) is 3.29. The highest BCUT2D eigenvalue weighted by Gasteiger charge is 2.16.